The van der Waals surface area contributed by atoms with Crippen molar-refractivity contribution in [1.82, 2.24) is 0 Å². The summed E-state index contributed by atoms with van der Waals surface area (Å²) in [6.07, 6.45) is 46.8. The van der Waals surface area contributed by atoms with Crippen LogP contribution in [0.2, 0.25) is 0 Å². The number of ether oxygens (including phenoxy) is 3. The molecule has 1 unspecified atom stereocenters. The van der Waals surface area contributed by atoms with E-state index in [1.54, 1.807) is 0 Å². The van der Waals surface area contributed by atoms with Crippen LogP contribution in [0.1, 0.15) is 291 Å². The number of esters is 3. The molecule has 0 bridgehead atoms. The average molecular weight is 835 g/mol. The maximum absolute atomic E-state index is 12.7. The van der Waals surface area contributed by atoms with E-state index in [1.807, 2.05) is 0 Å². The maximum Gasteiger partial charge on any atom is 0.306 e. The van der Waals surface area contributed by atoms with E-state index in [0.29, 0.717) is 19.3 Å². The van der Waals surface area contributed by atoms with Crippen LogP contribution < -0.4 is 0 Å². The molecule has 0 radical (unpaired) electrons. The van der Waals surface area contributed by atoms with Crippen molar-refractivity contribution in [2.24, 2.45) is 11.8 Å². The fourth-order valence-electron chi connectivity index (χ4n) is 7.96. The first-order valence-corrected chi connectivity index (χ1v) is 26.3. The molecule has 0 amide bonds. The molecule has 0 saturated carbocycles. The highest BCUT2D eigenvalue weighted by Crippen LogP contribution is 2.18. The maximum atomic E-state index is 12.7. The summed E-state index contributed by atoms with van der Waals surface area (Å²) < 4.78 is 16.7. The number of hydrogen-bond donors (Lipinski definition) is 0. The summed E-state index contributed by atoms with van der Waals surface area (Å²) in [6, 6.07) is 0. The first-order chi connectivity index (χ1) is 28.8. The van der Waals surface area contributed by atoms with Gasteiger partial charge in [0, 0.05) is 19.3 Å². The van der Waals surface area contributed by atoms with E-state index >= 15 is 0 Å². The Hall–Kier alpha value is -1.59. The normalized spacial score (nSPS) is 12.5. The Balaban J connectivity index is 4.13. The standard InChI is InChI=1S/C53H102O6/c1-6-8-9-10-11-22-28-33-38-43-51(54)57-46-50(59-53(56)45-40-35-30-25-26-31-36-41-48(3)4)47-58-52(55)44-39-34-29-24-21-19-17-15-13-12-14-16-18-20-23-27-32-37-42-49(5)7-2/h48-50H,6-47H2,1-5H3/t49?,50-/m1/s1. The van der Waals surface area contributed by atoms with Crippen molar-refractivity contribution in [2.45, 2.75) is 298 Å². The van der Waals surface area contributed by atoms with Gasteiger partial charge in [0.1, 0.15) is 13.2 Å². The Morgan fingerprint density at radius 3 is 0.966 bits per heavy atom. The lowest BCUT2D eigenvalue weighted by Gasteiger charge is -2.18. The van der Waals surface area contributed by atoms with Crippen molar-refractivity contribution in [3.8, 4) is 0 Å². The van der Waals surface area contributed by atoms with Crippen LogP contribution in [0.4, 0.5) is 0 Å². The predicted octanol–water partition coefficient (Wildman–Crippen LogP) is 16.9. The van der Waals surface area contributed by atoms with Gasteiger partial charge >= 0.3 is 17.9 Å². The summed E-state index contributed by atoms with van der Waals surface area (Å²) >= 11 is 0. The van der Waals surface area contributed by atoms with E-state index in [0.717, 1.165) is 69.6 Å². The van der Waals surface area contributed by atoms with Crippen LogP contribution in [-0.2, 0) is 28.6 Å². The van der Waals surface area contributed by atoms with Crippen LogP contribution in [-0.4, -0.2) is 37.2 Å². The Bertz CT molecular complexity index is 902. The molecule has 0 aromatic rings. The number of hydrogen-bond acceptors (Lipinski definition) is 6. The van der Waals surface area contributed by atoms with Crippen LogP contribution in [0, 0.1) is 11.8 Å². The van der Waals surface area contributed by atoms with Crippen LogP contribution >= 0.6 is 0 Å². The van der Waals surface area contributed by atoms with Crippen LogP contribution in [0.15, 0.2) is 0 Å². The molecule has 0 fully saturated rings. The molecule has 350 valence electrons. The lowest BCUT2D eigenvalue weighted by molar-refractivity contribution is -0.167. The van der Waals surface area contributed by atoms with Crippen LogP contribution in [0.3, 0.4) is 0 Å². The Kier molecular flexibility index (Phi) is 44.7. The summed E-state index contributed by atoms with van der Waals surface area (Å²) in [7, 11) is 0. The van der Waals surface area contributed by atoms with Crippen molar-refractivity contribution in [3.05, 3.63) is 0 Å². The van der Waals surface area contributed by atoms with Crippen molar-refractivity contribution in [1.29, 1.82) is 0 Å². The van der Waals surface area contributed by atoms with Gasteiger partial charge in [-0.3, -0.25) is 14.4 Å². The summed E-state index contributed by atoms with van der Waals surface area (Å²) in [5, 5.41) is 0. The number of rotatable bonds is 47. The molecule has 59 heavy (non-hydrogen) atoms. The fourth-order valence-corrected chi connectivity index (χ4v) is 7.96. The monoisotopic (exact) mass is 835 g/mol. The minimum absolute atomic E-state index is 0.0645. The molecule has 0 rings (SSSR count). The molecule has 0 N–H and O–H groups in total. The second-order valence-corrected chi connectivity index (χ2v) is 18.9. The van der Waals surface area contributed by atoms with Gasteiger partial charge in [0.25, 0.3) is 0 Å². The molecule has 0 aromatic carbocycles. The molecule has 2 atom stereocenters. The Morgan fingerprint density at radius 2 is 0.644 bits per heavy atom. The summed E-state index contributed by atoms with van der Waals surface area (Å²) in [5.41, 5.74) is 0. The molecule has 0 aromatic heterocycles. The zero-order chi connectivity index (χ0) is 43.3. The first kappa shape index (κ1) is 57.4. The highest BCUT2D eigenvalue weighted by Gasteiger charge is 2.19. The van der Waals surface area contributed by atoms with E-state index < -0.39 is 6.10 Å². The molecule has 6 nitrogen and oxygen atoms in total. The van der Waals surface area contributed by atoms with Crippen molar-refractivity contribution < 1.29 is 28.6 Å². The number of carbonyl (C=O) groups excluding carboxylic acids is 3. The van der Waals surface area contributed by atoms with Gasteiger partial charge in [-0.05, 0) is 31.1 Å². The van der Waals surface area contributed by atoms with Crippen molar-refractivity contribution in [2.75, 3.05) is 13.2 Å². The van der Waals surface area contributed by atoms with Crippen molar-refractivity contribution >= 4 is 17.9 Å². The molecule has 0 spiro atoms. The predicted molar refractivity (Wildman–Crippen MR) is 252 cm³/mol. The van der Waals surface area contributed by atoms with Gasteiger partial charge in [0.15, 0.2) is 6.10 Å². The largest absolute Gasteiger partial charge is 0.462 e. The second-order valence-electron chi connectivity index (χ2n) is 18.9. The number of unbranched alkanes of at least 4 members (excludes halogenated alkanes) is 31. The Morgan fingerprint density at radius 1 is 0.356 bits per heavy atom. The van der Waals surface area contributed by atoms with E-state index in [4.69, 9.17) is 14.2 Å². The van der Waals surface area contributed by atoms with Crippen molar-refractivity contribution in [3.63, 3.8) is 0 Å². The molecule has 0 aliphatic carbocycles. The zero-order valence-electron chi connectivity index (χ0n) is 40.4. The lowest BCUT2D eigenvalue weighted by atomic mass is 9.99. The third-order valence-corrected chi connectivity index (χ3v) is 12.3. The number of carbonyl (C=O) groups is 3. The van der Waals surface area contributed by atoms with Gasteiger partial charge in [0.2, 0.25) is 0 Å². The lowest BCUT2D eigenvalue weighted by Crippen LogP contribution is -2.30. The second kappa shape index (κ2) is 45.9. The van der Waals surface area contributed by atoms with Gasteiger partial charge in [-0.2, -0.15) is 0 Å². The van der Waals surface area contributed by atoms with E-state index in [-0.39, 0.29) is 31.1 Å². The highest BCUT2D eigenvalue weighted by atomic mass is 16.6. The quantitative estimate of drug-likeness (QED) is 0.0345. The van der Waals surface area contributed by atoms with Crippen LogP contribution in [0.5, 0.6) is 0 Å². The minimum Gasteiger partial charge on any atom is -0.462 e. The molecular formula is C53H102O6. The minimum atomic E-state index is -0.761. The molecule has 0 aliphatic heterocycles. The van der Waals surface area contributed by atoms with Crippen LogP contribution in [0.25, 0.3) is 0 Å². The van der Waals surface area contributed by atoms with Gasteiger partial charge in [-0.25, -0.2) is 0 Å². The first-order valence-electron chi connectivity index (χ1n) is 26.3. The fraction of sp³-hybridized carbons (Fsp3) is 0.943. The third kappa shape index (κ3) is 45.8. The third-order valence-electron chi connectivity index (χ3n) is 12.3. The van der Waals surface area contributed by atoms with Gasteiger partial charge in [-0.1, -0.05) is 253 Å². The summed E-state index contributed by atoms with van der Waals surface area (Å²) in [4.78, 5) is 37.8. The van der Waals surface area contributed by atoms with E-state index in [1.165, 1.54) is 180 Å². The summed E-state index contributed by atoms with van der Waals surface area (Å²) in [5.74, 6) is 0.833. The zero-order valence-corrected chi connectivity index (χ0v) is 40.4. The van der Waals surface area contributed by atoms with Gasteiger partial charge in [-0.15, -0.1) is 0 Å². The van der Waals surface area contributed by atoms with E-state index in [9.17, 15) is 14.4 Å². The van der Waals surface area contributed by atoms with E-state index in [2.05, 4.69) is 34.6 Å². The highest BCUT2D eigenvalue weighted by molar-refractivity contribution is 5.71. The summed E-state index contributed by atoms with van der Waals surface area (Å²) in [6.45, 7) is 11.4. The average Bonchev–Trinajstić information content (AvgIpc) is 3.22. The molecule has 0 saturated heterocycles. The molecular weight excluding hydrogens is 733 g/mol. The smallest absolute Gasteiger partial charge is 0.306 e. The van der Waals surface area contributed by atoms with Gasteiger partial charge in [0.05, 0.1) is 0 Å². The molecule has 6 heteroatoms. The molecule has 0 heterocycles. The topological polar surface area (TPSA) is 78.9 Å². The SMILES string of the molecule is CCCCCCCCCCCC(=O)OC[C@H](COC(=O)CCCCCCCCCCCCCCCCCCCCC(C)CC)OC(=O)CCCCCCCCCC(C)C. The Labute approximate surface area is 368 Å². The molecule has 0 aliphatic rings. The van der Waals surface area contributed by atoms with Gasteiger partial charge < -0.3 is 14.2 Å².